The summed E-state index contributed by atoms with van der Waals surface area (Å²) in [6, 6.07) is 5.53. The lowest BCUT2D eigenvalue weighted by Gasteiger charge is -2.55. The van der Waals surface area contributed by atoms with Gasteiger partial charge in [0.15, 0.2) is 0 Å². The fourth-order valence-corrected chi connectivity index (χ4v) is 11.6. The van der Waals surface area contributed by atoms with Crippen molar-refractivity contribution < 1.29 is 13.9 Å². The van der Waals surface area contributed by atoms with Gasteiger partial charge in [0.1, 0.15) is 0 Å². The highest BCUT2D eigenvalue weighted by atomic mass is 32.2. The van der Waals surface area contributed by atoms with Crippen LogP contribution in [-0.4, -0.2) is 39.2 Å². The van der Waals surface area contributed by atoms with Crippen LogP contribution in [0.5, 0.6) is 0 Å². The lowest BCUT2D eigenvalue weighted by Crippen LogP contribution is -2.57. The molecule has 10 atom stereocenters. The Morgan fingerprint density at radius 3 is 2.47 bits per heavy atom. The number of aliphatic hydroxyl groups excluding tert-OH is 1. The number of fused-ring (bicyclic) bond motifs is 2. The van der Waals surface area contributed by atoms with Crippen LogP contribution in [-0.2, 0) is 0 Å². The van der Waals surface area contributed by atoms with Crippen LogP contribution < -0.4 is 0 Å². The summed E-state index contributed by atoms with van der Waals surface area (Å²) in [5, 5.41) is 12.3. The van der Waals surface area contributed by atoms with Crippen molar-refractivity contribution in [2.75, 3.05) is 12.3 Å². The van der Waals surface area contributed by atoms with E-state index in [2.05, 4.69) is 42.6 Å². The van der Waals surface area contributed by atoms with E-state index in [1.807, 2.05) is 25.1 Å². The molecule has 7 rings (SSSR count). The summed E-state index contributed by atoms with van der Waals surface area (Å²) in [6.45, 7) is 6.10. The molecule has 36 heavy (non-hydrogen) atoms. The van der Waals surface area contributed by atoms with Gasteiger partial charge < -0.3 is 13.9 Å². The Morgan fingerprint density at radius 1 is 0.917 bits per heavy atom. The van der Waals surface area contributed by atoms with Crippen LogP contribution in [0.25, 0.3) is 0 Å². The molecule has 5 heterocycles. The predicted octanol–water partition coefficient (Wildman–Crippen LogP) is 7.27. The molecule has 2 spiro atoms. The van der Waals surface area contributed by atoms with Crippen LogP contribution in [0.4, 0.5) is 0 Å². The van der Waals surface area contributed by atoms with E-state index in [1.54, 1.807) is 0 Å². The van der Waals surface area contributed by atoms with Gasteiger partial charge in [-0.1, -0.05) is 13.8 Å². The molecule has 3 aliphatic heterocycles. The molecular weight excluding hydrogens is 466 g/mol. The number of hydrogen-bond acceptors (Lipinski definition) is 5. The molecule has 0 amide bonds. The summed E-state index contributed by atoms with van der Waals surface area (Å²) in [7, 11) is 0. The third kappa shape index (κ3) is 3.70. The molecule has 1 N–H and O–H groups in total. The van der Waals surface area contributed by atoms with Crippen molar-refractivity contribution in [2.24, 2.45) is 29.1 Å². The van der Waals surface area contributed by atoms with Gasteiger partial charge in [-0.25, -0.2) is 0 Å². The van der Waals surface area contributed by atoms with Crippen molar-refractivity contribution in [1.82, 2.24) is 4.90 Å². The second-order valence-electron chi connectivity index (χ2n) is 13.4. The van der Waals surface area contributed by atoms with Crippen molar-refractivity contribution in [3.05, 3.63) is 48.3 Å². The first-order valence-corrected chi connectivity index (χ1v) is 15.6. The molecule has 5 aliphatic rings. The first-order valence-electron chi connectivity index (χ1n) is 14.6. The van der Waals surface area contributed by atoms with E-state index in [1.165, 1.54) is 81.2 Å². The monoisotopic (exact) mass is 509 g/mol. The standard InChI is InChI=1S/C31H43NO3S/c1-20-3-5-25(22-9-13-34-15-22)28-24(20)7-12-31(29(28)33)17-30(19-36-31)11-8-26-21(2)4-6-27(32(26)18-30)23-10-14-35-16-23/h9-10,13-16,20-21,24-29,33H,3-8,11-12,17-19H2,1-2H3/t20-,21-,24+,25?,26+,27?,28?,29+,30+,31+/m1/s1. The molecule has 5 heteroatoms. The van der Waals surface area contributed by atoms with Gasteiger partial charge in [0.2, 0.25) is 0 Å². The van der Waals surface area contributed by atoms with E-state index in [-0.39, 0.29) is 10.9 Å². The van der Waals surface area contributed by atoms with E-state index in [0.29, 0.717) is 41.2 Å². The van der Waals surface area contributed by atoms with Crippen LogP contribution in [0.15, 0.2) is 46.0 Å². The van der Waals surface area contributed by atoms with Gasteiger partial charge in [-0.15, -0.1) is 0 Å². The Morgan fingerprint density at radius 2 is 1.69 bits per heavy atom. The molecule has 0 bridgehead atoms. The van der Waals surface area contributed by atoms with E-state index in [4.69, 9.17) is 8.83 Å². The van der Waals surface area contributed by atoms with E-state index in [0.717, 1.165) is 5.92 Å². The number of nitrogens with zero attached hydrogens (tertiary/aromatic N) is 1. The highest BCUT2D eigenvalue weighted by molar-refractivity contribution is 8.01. The smallest absolute Gasteiger partial charge is 0.0950 e. The van der Waals surface area contributed by atoms with E-state index in [9.17, 15) is 5.11 Å². The molecule has 4 nitrogen and oxygen atoms in total. The average Bonchev–Trinajstić information content (AvgIpc) is 3.65. The lowest BCUT2D eigenvalue weighted by molar-refractivity contribution is -0.0708. The third-order valence-corrected chi connectivity index (χ3v) is 13.5. The second kappa shape index (κ2) is 8.95. The van der Waals surface area contributed by atoms with Gasteiger partial charge in [0, 0.05) is 34.7 Å². The van der Waals surface area contributed by atoms with E-state index < -0.39 is 0 Å². The molecule has 5 fully saturated rings. The summed E-state index contributed by atoms with van der Waals surface area (Å²) < 4.78 is 11.1. The summed E-state index contributed by atoms with van der Waals surface area (Å²) in [4.78, 5) is 2.87. The van der Waals surface area contributed by atoms with Gasteiger partial charge >= 0.3 is 0 Å². The Kier molecular flexibility index (Phi) is 5.94. The largest absolute Gasteiger partial charge is 0.472 e. The minimum atomic E-state index is -0.217. The first kappa shape index (κ1) is 23.9. The molecule has 2 aliphatic carbocycles. The zero-order valence-electron chi connectivity index (χ0n) is 22.0. The SMILES string of the molecule is C[C@@H]1CCC(c2ccoc2)C2[C@H]1CC[C@]1(C[C@]3(CC[C@H]4[C@H](C)CCC(c5ccoc5)N4C3)CS1)[C@H]2O. The molecule has 2 aromatic rings. The number of aliphatic hydroxyl groups is 1. The molecule has 2 aromatic heterocycles. The summed E-state index contributed by atoms with van der Waals surface area (Å²) >= 11 is 2.16. The Bertz CT molecular complexity index is 1040. The molecule has 3 saturated heterocycles. The van der Waals surface area contributed by atoms with Crippen molar-refractivity contribution in [2.45, 2.75) is 100 Å². The van der Waals surface area contributed by atoms with Gasteiger partial charge in [0.25, 0.3) is 0 Å². The molecule has 0 radical (unpaired) electrons. The fourth-order valence-electron chi connectivity index (χ4n) is 9.65. The quantitative estimate of drug-likeness (QED) is 0.461. The number of furan rings is 2. The van der Waals surface area contributed by atoms with Crippen molar-refractivity contribution >= 4 is 11.8 Å². The minimum absolute atomic E-state index is 0.0274. The Balaban J connectivity index is 1.16. The van der Waals surface area contributed by atoms with E-state index >= 15 is 0 Å². The third-order valence-electron chi connectivity index (χ3n) is 11.5. The molecule has 196 valence electrons. The molecule has 2 saturated carbocycles. The fraction of sp³-hybridized carbons (Fsp3) is 0.742. The first-order chi connectivity index (χ1) is 17.5. The van der Waals surface area contributed by atoms with Crippen LogP contribution in [0.3, 0.4) is 0 Å². The van der Waals surface area contributed by atoms with Crippen molar-refractivity contribution in [1.29, 1.82) is 0 Å². The number of thioether (sulfide) groups is 1. The van der Waals surface area contributed by atoms with Gasteiger partial charge in [-0.05, 0) is 110 Å². The van der Waals surface area contributed by atoms with Gasteiger partial charge in [-0.2, -0.15) is 11.8 Å². The summed E-state index contributed by atoms with van der Waals surface area (Å²) in [6.07, 6.45) is 18.7. The maximum absolute atomic E-state index is 12.3. The highest BCUT2D eigenvalue weighted by Crippen LogP contribution is 2.64. The molecule has 3 unspecified atom stereocenters. The molecular formula is C31H43NO3S. The second-order valence-corrected chi connectivity index (χ2v) is 14.8. The highest BCUT2D eigenvalue weighted by Gasteiger charge is 2.61. The maximum Gasteiger partial charge on any atom is 0.0950 e. The van der Waals surface area contributed by atoms with Crippen LogP contribution in [0, 0.1) is 29.1 Å². The lowest BCUT2D eigenvalue weighted by atomic mass is 9.55. The molecule has 0 aromatic carbocycles. The average molecular weight is 510 g/mol. The van der Waals surface area contributed by atoms with Crippen LogP contribution in [0.2, 0.25) is 0 Å². The normalized spacial score (nSPS) is 47.2. The zero-order valence-corrected chi connectivity index (χ0v) is 22.8. The maximum atomic E-state index is 12.3. The van der Waals surface area contributed by atoms with Crippen molar-refractivity contribution in [3.63, 3.8) is 0 Å². The number of hydrogen-bond donors (Lipinski definition) is 1. The van der Waals surface area contributed by atoms with Crippen LogP contribution in [0.1, 0.15) is 94.7 Å². The Labute approximate surface area is 220 Å². The zero-order chi connectivity index (χ0) is 24.5. The summed E-state index contributed by atoms with van der Waals surface area (Å²) in [5.74, 6) is 4.15. The minimum Gasteiger partial charge on any atom is -0.472 e. The van der Waals surface area contributed by atoms with Crippen molar-refractivity contribution in [3.8, 4) is 0 Å². The van der Waals surface area contributed by atoms with Crippen LogP contribution >= 0.6 is 11.8 Å². The summed E-state index contributed by atoms with van der Waals surface area (Å²) in [5.41, 5.74) is 3.01. The number of rotatable bonds is 2. The van der Waals surface area contributed by atoms with Gasteiger partial charge in [-0.3, -0.25) is 4.90 Å². The Hall–Kier alpha value is -1.17. The topological polar surface area (TPSA) is 49.8 Å². The predicted molar refractivity (Wildman–Crippen MR) is 144 cm³/mol. The number of piperidine rings is 2. The van der Waals surface area contributed by atoms with Gasteiger partial charge in [0.05, 0.1) is 31.2 Å².